The minimum absolute atomic E-state index is 0.305. The van der Waals surface area contributed by atoms with Crippen molar-refractivity contribution in [3.63, 3.8) is 0 Å². The summed E-state index contributed by atoms with van der Waals surface area (Å²) in [5.74, 6) is 1.74. The molecule has 0 aromatic carbocycles. The second kappa shape index (κ2) is 7.22. The number of pyridine rings is 1. The molecule has 1 aliphatic rings. The predicted octanol–water partition coefficient (Wildman–Crippen LogP) is 0.616. The Bertz CT molecular complexity index is 632. The van der Waals surface area contributed by atoms with Crippen LogP contribution in [0.15, 0.2) is 29.4 Å². The Hall–Kier alpha value is -2.15. The van der Waals surface area contributed by atoms with Crippen molar-refractivity contribution in [1.82, 2.24) is 25.2 Å². The first kappa shape index (κ1) is 14.8. The van der Waals surface area contributed by atoms with Crippen molar-refractivity contribution in [2.24, 2.45) is 4.99 Å². The summed E-state index contributed by atoms with van der Waals surface area (Å²) in [5, 5.41) is 15.0. The number of aliphatic imine (C=N–C) groups is 1. The number of nitrogens with one attached hydrogen (secondary N) is 2. The van der Waals surface area contributed by atoms with Crippen LogP contribution >= 0.6 is 0 Å². The fourth-order valence-electron chi connectivity index (χ4n) is 2.59. The number of aromatic nitrogens is 3. The lowest BCUT2D eigenvalue weighted by molar-refractivity contribution is 0.114. The van der Waals surface area contributed by atoms with Crippen LogP contribution in [-0.2, 0) is 11.2 Å². The largest absolute Gasteiger partial charge is 0.376 e. The van der Waals surface area contributed by atoms with E-state index in [1.165, 1.54) is 0 Å². The average molecular weight is 302 g/mol. The maximum Gasteiger partial charge on any atom is 0.191 e. The molecule has 0 bridgehead atoms. The van der Waals surface area contributed by atoms with Crippen LogP contribution in [0.3, 0.4) is 0 Å². The Labute approximate surface area is 129 Å². The summed E-state index contributed by atoms with van der Waals surface area (Å²) in [6, 6.07) is 5.89. The van der Waals surface area contributed by atoms with Gasteiger partial charge in [-0.2, -0.15) is 0 Å². The molecule has 7 nitrogen and oxygen atoms in total. The molecular weight excluding hydrogens is 280 g/mol. The summed E-state index contributed by atoms with van der Waals surface area (Å²) in [6.45, 7) is 2.42. The standard InChI is InChI=1S/C15H22N6O/c1-16-15(18-11-12-5-4-10-22-12)17-8-7-14-20-19-13-6-2-3-9-21(13)14/h2-3,6,9,12H,4-5,7-8,10-11H2,1H3,(H2,16,17,18). The lowest BCUT2D eigenvalue weighted by atomic mass is 10.2. The van der Waals surface area contributed by atoms with E-state index in [1.54, 1.807) is 7.05 Å². The summed E-state index contributed by atoms with van der Waals surface area (Å²) in [6.07, 6.45) is 5.34. The third kappa shape index (κ3) is 3.54. The predicted molar refractivity (Wildman–Crippen MR) is 85.0 cm³/mol. The third-order valence-corrected chi connectivity index (χ3v) is 3.77. The molecule has 1 aliphatic heterocycles. The first-order valence-corrected chi connectivity index (χ1v) is 7.71. The van der Waals surface area contributed by atoms with E-state index < -0.39 is 0 Å². The van der Waals surface area contributed by atoms with E-state index in [9.17, 15) is 0 Å². The number of fused-ring (bicyclic) bond motifs is 1. The van der Waals surface area contributed by atoms with E-state index in [4.69, 9.17) is 4.74 Å². The molecule has 0 radical (unpaired) electrons. The number of ether oxygens (including phenoxy) is 1. The summed E-state index contributed by atoms with van der Waals surface area (Å²) in [5.41, 5.74) is 0.874. The Morgan fingerprint density at radius 3 is 3.18 bits per heavy atom. The molecule has 1 unspecified atom stereocenters. The fourth-order valence-corrected chi connectivity index (χ4v) is 2.59. The van der Waals surface area contributed by atoms with Crippen molar-refractivity contribution in [3.8, 4) is 0 Å². The van der Waals surface area contributed by atoms with Crippen LogP contribution in [0.5, 0.6) is 0 Å². The van der Waals surface area contributed by atoms with Gasteiger partial charge in [0.05, 0.1) is 6.10 Å². The molecule has 1 atom stereocenters. The zero-order valence-electron chi connectivity index (χ0n) is 12.8. The summed E-state index contributed by atoms with van der Waals surface area (Å²) < 4.78 is 7.60. The van der Waals surface area contributed by atoms with E-state index in [0.29, 0.717) is 6.10 Å². The van der Waals surface area contributed by atoms with E-state index >= 15 is 0 Å². The van der Waals surface area contributed by atoms with Crippen molar-refractivity contribution < 1.29 is 4.74 Å². The van der Waals surface area contributed by atoms with Gasteiger partial charge in [0.15, 0.2) is 11.6 Å². The smallest absolute Gasteiger partial charge is 0.191 e. The van der Waals surface area contributed by atoms with Crippen molar-refractivity contribution in [2.75, 3.05) is 26.7 Å². The number of hydrogen-bond donors (Lipinski definition) is 2. The maximum absolute atomic E-state index is 5.59. The van der Waals surface area contributed by atoms with Gasteiger partial charge in [0.2, 0.25) is 0 Å². The van der Waals surface area contributed by atoms with Crippen LogP contribution in [0.2, 0.25) is 0 Å². The molecule has 118 valence electrons. The van der Waals surface area contributed by atoms with Crippen molar-refractivity contribution in [2.45, 2.75) is 25.4 Å². The quantitative estimate of drug-likeness (QED) is 0.625. The molecule has 0 aliphatic carbocycles. The highest BCUT2D eigenvalue weighted by Gasteiger charge is 2.15. The highest BCUT2D eigenvalue weighted by Crippen LogP contribution is 2.10. The fraction of sp³-hybridized carbons (Fsp3) is 0.533. The number of nitrogens with zero attached hydrogens (tertiary/aromatic N) is 4. The molecule has 0 saturated carbocycles. The van der Waals surface area contributed by atoms with E-state index in [0.717, 1.165) is 56.4 Å². The minimum Gasteiger partial charge on any atom is -0.376 e. The van der Waals surface area contributed by atoms with Crippen molar-refractivity contribution in [1.29, 1.82) is 0 Å². The number of rotatable bonds is 5. The molecule has 1 saturated heterocycles. The number of guanidine groups is 1. The summed E-state index contributed by atoms with van der Waals surface area (Å²) in [7, 11) is 1.78. The normalized spacial score (nSPS) is 18.8. The minimum atomic E-state index is 0.305. The highest BCUT2D eigenvalue weighted by molar-refractivity contribution is 5.79. The van der Waals surface area contributed by atoms with Crippen molar-refractivity contribution in [3.05, 3.63) is 30.2 Å². The molecule has 2 aromatic heterocycles. The van der Waals surface area contributed by atoms with Crippen LogP contribution in [0.4, 0.5) is 0 Å². The third-order valence-electron chi connectivity index (χ3n) is 3.77. The second-order valence-corrected chi connectivity index (χ2v) is 5.31. The Kier molecular flexibility index (Phi) is 4.85. The molecule has 3 heterocycles. The SMILES string of the molecule is CN=C(NCCc1nnc2ccccn12)NCC1CCCO1. The van der Waals surface area contributed by atoms with Crippen LogP contribution in [0.1, 0.15) is 18.7 Å². The molecule has 1 fully saturated rings. The maximum atomic E-state index is 5.59. The van der Waals surface area contributed by atoms with Gasteiger partial charge in [-0.3, -0.25) is 9.39 Å². The van der Waals surface area contributed by atoms with Crippen LogP contribution in [-0.4, -0.2) is 53.4 Å². The molecule has 2 aromatic rings. The van der Waals surface area contributed by atoms with Crippen LogP contribution in [0.25, 0.3) is 5.65 Å². The first-order chi connectivity index (χ1) is 10.9. The lowest BCUT2D eigenvalue weighted by Crippen LogP contribution is -2.41. The molecule has 2 N–H and O–H groups in total. The van der Waals surface area contributed by atoms with Crippen molar-refractivity contribution >= 4 is 11.6 Å². The molecule has 0 spiro atoms. The van der Waals surface area contributed by atoms with Gasteiger partial charge in [0.1, 0.15) is 5.82 Å². The molecule has 22 heavy (non-hydrogen) atoms. The zero-order chi connectivity index (χ0) is 15.2. The number of hydrogen-bond acceptors (Lipinski definition) is 4. The van der Waals surface area contributed by atoms with Crippen LogP contribution in [0, 0.1) is 0 Å². The highest BCUT2D eigenvalue weighted by atomic mass is 16.5. The second-order valence-electron chi connectivity index (χ2n) is 5.31. The molecule has 3 rings (SSSR count). The van der Waals surface area contributed by atoms with Gasteiger partial charge in [0, 0.05) is 39.4 Å². The summed E-state index contributed by atoms with van der Waals surface area (Å²) in [4.78, 5) is 4.23. The Morgan fingerprint density at radius 2 is 2.36 bits per heavy atom. The van der Waals surface area contributed by atoms with E-state index in [1.807, 2.05) is 28.8 Å². The topological polar surface area (TPSA) is 75.8 Å². The lowest BCUT2D eigenvalue weighted by Gasteiger charge is -2.14. The Morgan fingerprint density at radius 1 is 1.41 bits per heavy atom. The van der Waals surface area contributed by atoms with E-state index in [-0.39, 0.29) is 0 Å². The van der Waals surface area contributed by atoms with Gasteiger partial charge in [-0.1, -0.05) is 6.07 Å². The van der Waals surface area contributed by atoms with Gasteiger partial charge < -0.3 is 15.4 Å². The zero-order valence-corrected chi connectivity index (χ0v) is 12.8. The molecule has 0 amide bonds. The van der Waals surface area contributed by atoms with Gasteiger partial charge in [0.25, 0.3) is 0 Å². The van der Waals surface area contributed by atoms with Crippen LogP contribution < -0.4 is 10.6 Å². The summed E-state index contributed by atoms with van der Waals surface area (Å²) >= 11 is 0. The van der Waals surface area contributed by atoms with Gasteiger partial charge in [-0.15, -0.1) is 10.2 Å². The first-order valence-electron chi connectivity index (χ1n) is 7.71. The van der Waals surface area contributed by atoms with E-state index in [2.05, 4.69) is 25.8 Å². The monoisotopic (exact) mass is 302 g/mol. The Balaban J connectivity index is 1.46. The average Bonchev–Trinajstić information content (AvgIpc) is 3.20. The molecular formula is C15H22N6O. The van der Waals surface area contributed by atoms with Gasteiger partial charge in [-0.05, 0) is 25.0 Å². The molecule has 7 heteroatoms. The van der Waals surface area contributed by atoms with Gasteiger partial charge in [-0.25, -0.2) is 0 Å². The van der Waals surface area contributed by atoms with Gasteiger partial charge >= 0.3 is 0 Å².